The van der Waals surface area contributed by atoms with Crippen LogP contribution in [0.3, 0.4) is 0 Å². The molecule has 0 aliphatic heterocycles. The van der Waals surface area contributed by atoms with E-state index in [-0.39, 0.29) is 5.82 Å². The van der Waals surface area contributed by atoms with Gasteiger partial charge in [0.15, 0.2) is 0 Å². The van der Waals surface area contributed by atoms with Crippen LogP contribution in [-0.2, 0) is 0 Å². The fourth-order valence-corrected chi connectivity index (χ4v) is 1.50. The maximum atomic E-state index is 8.82. The van der Waals surface area contributed by atoms with Crippen LogP contribution in [0.25, 0.3) is 5.95 Å². The molecule has 0 saturated carbocycles. The van der Waals surface area contributed by atoms with E-state index in [1.165, 1.54) is 17.9 Å². The van der Waals surface area contributed by atoms with Crippen LogP contribution >= 0.6 is 15.9 Å². The number of methoxy groups -OCH3 is 1. The number of aromatic nitrogens is 4. The molecular weight excluding hydrogens is 274 g/mol. The Morgan fingerprint density at radius 2 is 2.31 bits per heavy atom. The van der Waals surface area contributed by atoms with E-state index >= 15 is 0 Å². The van der Waals surface area contributed by atoms with Crippen molar-refractivity contribution in [3.63, 3.8) is 0 Å². The zero-order chi connectivity index (χ0) is 11.5. The summed E-state index contributed by atoms with van der Waals surface area (Å²) in [6.45, 7) is 0. The van der Waals surface area contributed by atoms with Crippen molar-refractivity contribution in [1.29, 1.82) is 5.26 Å². The standard InChI is InChI=1S/C9H6BrN5O/c1-16-8-6(10)5-13-9(14-8)15-3-2-12-7(15)4-11/h2-3,5H,1H3. The quantitative estimate of drug-likeness (QED) is 0.828. The highest BCUT2D eigenvalue weighted by molar-refractivity contribution is 9.10. The van der Waals surface area contributed by atoms with Crippen molar-refractivity contribution in [1.82, 2.24) is 19.5 Å². The van der Waals surface area contributed by atoms with E-state index in [1.807, 2.05) is 6.07 Å². The van der Waals surface area contributed by atoms with Gasteiger partial charge >= 0.3 is 0 Å². The van der Waals surface area contributed by atoms with Gasteiger partial charge in [0.2, 0.25) is 17.7 Å². The van der Waals surface area contributed by atoms with Crippen LogP contribution < -0.4 is 4.74 Å². The molecule has 0 unspecified atom stereocenters. The van der Waals surface area contributed by atoms with Crippen molar-refractivity contribution in [3.8, 4) is 17.9 Å². The lowest BCUT2D eigenvalue weighted by Crippen LogP contribution is -2.04. The Kier molecular flexibility index (Phi) is 2.83. The van der Waals surface area contributed by atoms with E-state index in [1.54, 1.807) is 12.4 Å². The highest BCUT2D eigenvalue weighted by atomic mass is 79.9. The SMILES string of the molecule is COc1nc(-n2ccnc2C#N)ncc1Br. The second-order valence-corrected chi connectivity index (χ2v) is 3.61. The van der Waals surface area contributed by atoms with Crippen LogP contribution in [0.15, 0.2) is 23.1 Å². The minimum Gasteiger partial charge on any atom is -0.480 e. The van der Waals surface area contributed by atoms with E-state index in [2.05, 4.69) is 30.9 Å². The molecule has 0 bridgehead atoms. The molecule has 0 aliphatic carbocycles. The summed E-state index contributed by atoms with van der Waals surface area (Å²) in [6.07, 6.45) is 4.68. The molecule has 2 aromatic heterocycles. The van der Waals surface area contributed by atoms with Crippen molar-refractivity contribution in [3.05, 3.63) is 28.9 Å². The van der Waals surface area contributed by atoms with Crippen molar-refractivity contribution in [2.24, 2.45) is 0 Å². The number of imidazole rings is 1. The number of ether oxygens (including phenoxy) is 1. The Morgan fingerprint density at radius 1 is 1.50 bits per heavy atom. The summed E-state index contributed by atoms with van der Waals surface area (Å²) in [5, 5.41) is 8.82. The monoisotopic (exact) mass is 279 g/mol. The Bertz CT molecular complexity index is 559. The maximum absolute atomic E-state index is 8.82. The molecule has 0 aliphatic rings. The zero-order valence-electron chi connectivity index (χ0n) is 8.25. The van der Waals surface area contributed by atoms with E-state index in [4.69, 9.17) is 10.00 Å². The first kappa shape index (κ1) is 10.6. The van der Waals surface area contributed by atoms with Crippen molar-refractivity contribution in [2.75, 3.05) is 7.11 Å². The van der Waals surface area contributed by atoms with Crippen LogP contribution in [0.4, 0.5) is 0 Å². The highest BCUT2D eigenvalue weighted by Gasteiger charge is 2.09. The third-order valence-corrected chi connectivity index (χ3v) is 2.39. The summed E-state index contributed by atoms with van der Waals surface area (Å²) in [5.74, 6) is 0.973. The van der Waals surface area contributed by atoms with E-state index in [0.717, 1.165) is 0 Å². The van der Waals surface area contributed by atoms with Gasteiger partial charge in [0.05, 0.1) is 17.8 Å². The number of hydrogen-bond donors (Lipinski definition) is 0. The van der Waals surface area contributed by atoms with Gasteiger partial charge in [-0.3, -0.25) is 4.57 Å². The average molecular weight is 280 g/mol. The average Bonchev–Trinajstić information content (AvgIpc) is 2.78. The molecular formula is C9H6BrN5O. The second-order valence-electron chi connectivity index (χ2n) is 2.76. The van der Waals surface area contributed by atoms with Crippen LogP contribution in [0.5, 0.6) is 5.88 Å². The number of nitrogens with zero attached hydrogens (tertiary/aromatic N) is 5. The summed E-state index contributed by atoms with van der Waals surface area (Å²) in [6, 6.07) is 1.95. The predicted molar refractivity (Wildman–Crippen MR) is 58.1 cm³/mol. The topological polar surface area (TPSA) is 76.6 Å². The van der Waals surface area contributed by atoms with Gasteiger partial charge in [0.1, 0.15) is 6.07 Å². The first-order valence-corrected chi connectivity index (χ1v) is 5.06. The molecule has 0 amide bonds. The molecule has 0 fully saturated rings. The van der Waals surface area contributed by atoms with Crippen molar-refractivity contribution in [2.45, 2.75) is 0 Å². The molecule has 7 heteroatoms. The minimum absolute atomic E-state index is 0.226. The third-order valence-electron chi connectivity index (χ3n) is 1.85. The second kappa shape index (κ2) is 4.28. The maximum Gasteiger partial charge on any atom is 0.239 e. The largest absolute Gasteiger partial charge is 0.480 e. The molecule has 2 heterocycles. The lowest BCUT2D eigenvalue weighted by atomic mass is 10.6. The van der Waals surface area contributed by atoms with Gasteiger partial charge in [-0.1, -0.05) is 0 Å². The molecule has 0 atom stereocenters. The van der Waals surface area contributed by atoms with E-state index in [9.17, 15) is 0 Å². The Labute approximate surface area is 99.7 Å². The number of rotatable bonds is 2. The van der Waals surface area contributed by atoms with Gasteiger partial charge in [-0.2, -0.15) is 10.2 Å². The van der Waals surface area contributed by atoms with Gasteiger partial charge in [-0.25, -0.2) is 9.97 Å². The lowest BCUT2D eigenvalue weighted by Gasteiger charge is -2.05. The third kappa shape index (κ3) is 1.75. The lowest BCUT2D eigenvalue weighted by molar-refractivity contribution is 0.393. The van der Waals surface area contributed by atoms with Gasteiger partial charge in [0.25, 0.3) is 0 Å². The molecule has 0 N–H and O–H groups in total. The first-order chi connectivity index (χ1) is 7.76. The first-order valence-electron chi connectivity index (χ1n) is 4.26. The van der Waals surface area contributed by atoms with Crippen LogP contribution in [0, 0.1) is 11.3 Å². The summed E-state index contributed by atoms with van der Waals surface area (Å²) in [5.41, 5.74) is 0. The van der Waals surface area contributed by atoms with Gasteiger partial charge < -0.3 is 4.74 Å². The van der Waals surface area contributed by atoms with Crippen LogP contribution in [0.2, 0.25) is 0 Å². The van der Waals surface area contributed by atoms with Crippen molar-refractivity contribution < 1.29 is 4.74 Å². The molecule has 2 aromatic rings. The molecule has 2 rings (SSSR count). The zero-order valence-corrected chi connectivity index (χ0v) is 9.84. The summed E-state index contributed by atoms with van der Waals surface area (Å²) in [7, 11) is 1.51. The number of nitriles is 1. The fraction of sp³-hybridized carbons (Fsp3) is 0.111. The Hall–Kier alpha value is -1.94. The highest BCUT2D eigenvalue weighted by Crippen LogP contribution is 2.21. The predicted octanol–water partition coefficient (Wildman–Crippen LogP) is 1.31. The minimum atomic E-state index is 0.226. The Morgan fingerprint density at radius 3 is 3.00 bits per heavy atom. The summed E-state index contributed by atoms with van der Waals surface area (Å²) < 4.78 is 7.17. The van der Waals surface area contributed by atoms with E-state index in [0.29, 0.717) is 16.3 Å². The molecule has 6 nitrogen and oxygen atoms in total. The molecule has 0 spiro atoms. The smallest absolute Gasteiger partial charge is 0.239 e. The summed E-state index contributed by atoms with van der Waals surface area (Å²) >= 11 is 3.25. The molecule has 0 saturated heterocycles. The molecule has 80 valence electrons. The van der Waals surface area contributed by atoms with Gasteiger partial charge in [-0.15, -0.1) is 0 Å². The summed E-state index contributed by atoms with van der Waals surface area (Å²) in [4.78, 5) is 12.1. The fourth-order valence-electron chi connectivity index (χ4n) is 1.15. The Balaban J connectivity index is 2.53. The van der Waals surface area contributed by atoms with E-state index < -0.39 is 0 Å². The normalized spacial score (nSPS) is 9.81. The van der Waals surface area contributed by atoms with Gasteiger partial charge in [0, 0.05) is 12.4 Å². The van der Waals surface area contributed by atoms with Crippen LogP contribution in [0.1, 0.15) is 5.82 Å². The number of halogens is 1. The molecule has 0 radical (unpaired) electrons. The van der Waals surface area contributed by atoms with Crippen molar-refractivity contribution >= 4 is 15.9 Å². The van der Waals surface area contributed by atoms with Gasteiger partial charge in [-0.05, 0) is 15.9 Å². The van der Waals surface area contributed by atoms with Crippen LogP contribution in [-0.4, -0.2) is 26.6 Å². The molecule has 0 aromatic carbocycles. The number of hydrogen-bond acceptors (Lipinski definition) is 5. The molecule has 16 heavy (non-hydrogen) atoms.